The zero-order valence-corrected chi connectivity index (χ0v) is 18.0. The van der Waals surface area contributed by atoms with E-state index in [0.29, 0.717) is 24.3 Å². The van der Waals surface area contributed by atoms with Gasteiger partial charge in [-0.15, -0.1) is 0 Å². The van der Waals surface area contributed by atoms with Crippen LogP contribution in [-0.2, 0) is 9.59 Å². The molecule has 2 N–H and O–H groups in total. The van der Waals surface area contributed by atoms with E-state index >= 15 is 0 Å². The Morgan fingerprint density at radius 2 is 1.64 bits per heavy atom. The summed E-state index contributed by atoms with van der Waals surface area (Å²) in [5.74, 6) is 0.493. The summed E-state index contributed by atoms with van der Waals surface area (Å²) in [6.45, 7) is 2.16. The normalized spacial score (nSPS) is 20.8. The summed E-state index contributed by atoms with van der Waals surface area (Å²) in [6.07, 6.45) is 8.28. The van der Waals surface area contributed by atoms with Gasteiger partial charge in [0, 0.05) is 19.5 Å². The SMILES string of the molecule is CCCCCC(=O)N(C)[C@H]1CC[C@H](c2ccc(C(C(N)=O)N(C)C)cc2)CC1. The van der Waals surface area contributed by atoms with Gasteiger partial charge in [0.05, 0.1) is 0 Å². The number of nitrogens with zero attached hydrogens (tertiary/aromatic N) is 2. The van der Waals surface area contributed by atoms with E-state index in [4.69, 9.17) is 5.73 Å². The minimum atomic E-state index is -0.392. The fraction of sp³-hybridized carbons (Fsp3) is 0.652. The second kappa shape index (κ2) is 10.6. The molecule has 5 nitrogen and oxygen atoms in total. The number of likely N-dealkylation sites (N-methyl/N-ethyl adjacent to an activating group) is 1. The maximum atomic E-state index is 12.4. The summed E-state index contributed by atoms with van der Waals surface area (Å²) in [6, 6.07) is 8.31. The largest absolute Gasteiger partial charge is 0.368 e. The molecule has 0 aliphatic heterocycles. The molecule has 1 aliphatic carbocycles. The fourth-order valence-corrected chi connectivity index (χ4v) is 4.37. The molecule has 28 heavy (non-hydrogen) atoms. The summed E-state index contributed by atoms with van der Waals surface area (Å²) in [4.78, 5) is 27.9. The van der Waals surface area contributed by atoms with E-state index in [1.807, 2.05) is 43.1 Å². The molecule has 2 rings (SSSR count). The van der Waals surface area contributed by atoms with Crippen molar-refractivity contribution in [1.82, 2.24) is 9.80 Å². The molecule has 0 saturated heterocycles. The average Bonchev–Trinajstić information content (AvgIpc) is 2.67. The summed E-state index contributed by atoms with van der Waals surface area (Å²) in [5, 5.41) is 0. The van der Waals surface area contributed by atoms with Crippen LogP contribution < -0.4 is 5.73 Å². The number of nitrogens with two attached hydrogens (primary N) is 1. The van der Waals surface area contributed by atoms with E-state index in [1.165, 1.54) is 5.56 Å². The molecule has 0 spiro atoms. The highest BCUT2D eigenvalue weighted by Gasteiger charge is 2.27. The Bertz CT molecular complexity index is 634. The second-order valence-electron chi connectivity index (χ2n) is 8.40. The molecule has 1 fully saturated rings. The Morgan fingerprint density at radius 3 is 2.14 bits per heavy atom. The van der Waals surface area contributed by atoms with Crippen LogP contribution in [0.15, 0.2) is 24.3 Å². The molecule has 156 valence electrons. The number of hydrogen-bond donors (Lipinski definition) is 1. The number of amides is 2. The topological polar surface area (TPSA) is 66.6 Å². The van der Waals surface area contributed by atoms with Gasteiger partial charge in [0.15, 0.2) is 0 Å². The van der Waals surface area contributed by atoms with Crippen molar-refractivity contribution in [3.8, 4) is 0 Å². The van der Waals surface area contributed by atoms with Crippen LogP contribution in [-0.4, -0.2) is 48.8 Å². The van der Waals surface area contributed by atoms with Gasteiger partial charge in [0.2, 0.25) is 11.8 Å². The summed E-state index contributed by atoms with van der Waals surface area (Å²) >= 11 is 0. The van der Waals surface area contributed by atoms with Gasteiger partial charge in [-0.2, -0.15) is 0 Å². The van der Waals surface area contributed by atoms with E-state index in [2.05, 4.69) is 19.1 Å². The molecule has 0 heterocycles. The molecule has 1 atom stereocenters. The molecule has 1 aromatic rings. The maximum absolute atomic E-state index is 12.4. The first-order valence-electron chi connectivity index (χ1n) is 10.7. The summed E-state index contributed by atoms with van der Waals surface area (Å²) in [5.41, 5.74) is 7.80. The van der Waals surface area contributed by atoms with Crippen molar-refractivity contribution < 1.29 is 9.59 Å². The van der Waals surface area contributed by atoms with Crippen molar-refractivity contribution >= 4 is 11.8 Å². The number of rotatable bonds is 9. The predicted octanol–water partition coefficient (Wildman–Crippen LogP) is 3.84. The van der Waals surface area contributed by atoms with Crippen molar-refractivity contribution in [2.75, 3.05) is 21.1 Å². The van der Waals surface area contributed by atoms with Crippen molar-refractivity contribution in [2.24, 2.45) is 5.73 Å². The second-order valence-corrected chi connectivity index (χ2v) is 8.40. The van der Waals surface area contributed by atoms with Crippen LogP contribution in [0.1, 0.15) is 81.4 Å². The molecule has 0 aromatic heterocycles. The highest BCUT2D eigenvalue weighted by atomic mass is 16.2. The lowest BCUT2D eigenvalue weighted by Gasteiger charge is -2.35. The van der Waals surface area contributed by atoms with E-state index in [1.54, 1.807) is 0 Å². The monoisotopic (exact) mass is 387 g/mol. The van der Waals surface area contributed by atoms with Gasteiger partial charge < -0.3 is 10.6 Å². The van der Waals surface area contributed by atoms with E-state index < -0.39 is 6.04 Å². The van der Waals surface area contributed by atoms with Gasteiger partial charge >= 0.3 is 0 Å². The standard InChI is InChI=1S/C23H37N3O2/c1-5-6-7-8-21(27)26(4)20-15-13-18(14-16-20)17-9-11-19(12-10-17)22(23(24)28)25(2)3/h9-12,18,20,22H,5-8,13-16H2,1-4H3,(H2,24,28)/t18-,20-,22?. The minimum absolute atomic E-state index is 0.294. The highest BCUT2D eigenvalue weighted by molar-refractivity contribution is 5.81. The molecule has 0 radical (unpaired) electrons. The van der Waals surface area contributed by atoms with Gasteiger partial charge in [0.25, 0.3) is 0 Å². The van der Waals surface area contributed by atoms with Gasteiger partial charge in [0.1, 0.15) is 6.04 Å². The Balaban J connectivity index is 1.91. The van der Waals surface area contributed by atoms with Crippen LogP contribution in [0, 0.1) is 0 Å². The predicted molar refractivity (Wildman–Crippen MR) is 114 cm³/mol. The number of hydrogen-bond acceptors (Lipinski definition) is 3. The molecular formula is C23H37N3O2. The third kappa shape index (κ3) is 5.81. The molecule has 0 bridgehead atoms. The number of primary amides is 1. The first kappa shape index (κ1) is 22.4. The highest BCUT2D eigenvalue weighted by Crippen LogP contribution is 2.35. The van der Waals surface area contributed by atoms with Crippen molar-refractivity contribution in [1.29, 1.82) is 0 Å². The Hall–Kier alpha value is -1.88. The Kier molecular flexibility index (Phi) is 8.49. The van der Waals surface area contributed by atoms with Crippen molar-refractivity contribution in [3.63, 3.8) is 0 Å². The van der Waals surface area contributed by atoms with Crippen molar-refractivity contribution in [3.05, 3.63) is 35.4 Å². The molecule has 1 aromatic carbocycles. The maximum Gasteiger partial charge on any atom is 0.239 e. The van der Waals surface area contributed by atoms with Gasteiger partial charge in [-0.3, -0.25) is 14.5 Å². The smallest absolute Gasteiger partial charge is 0.239 e. The number of carbonyl (C=O) groups excluding carboxylic acids is 2. The number of benzene rings is 1. The molecule has 5 heteroatoms. The van der Waals surface area contributed by atoms with Gasteiger partial charge in [-0.25, -0.2) is 0 Å². The Morgan fingerprint density at radius 1 is 1.04 bits per heavy atom. The van der Waals surface area contributed by atoms with Crippen LogP contribution in [0.2, 0.25) is 0 Å². The Labute approximate surface area is 170 Å². The molecule has 1 saturated carbocycles. The van der Waals surface area contributed by atoms with Crippen LogP contribution in [0.25, 0.3) is 0 Å². The molecular weight excluding hydrogens is 350 g/mol. The lowest BCUT2D eigenvalue weighted by atomic mass is 9.81. The van der Waals surface area contributed by atoms with Gasteiger partial charge in [-0.1, -0.05) is 44.0 Å². The third-order valence-corrected chi connectivity index (χ3v) is 6.14. The zero-order chi connectivity index (χ0) is 20.7. The molecule has 1 unspecified atom stereocenters. The average molecular weight is 388 g/mol. The first-order valence-corrected chi connectivity index (χ1v) is 10.7. The van der Waals surface area contributed by atoms with E-state index in [9.17, 15) is 9.59 Å². The fourth-order valence-electron chi connectivity index (χ4n) is 4.37. The van der Waals surface area contributed by atoms with E-state index in [-0.39, 0.29) is 5.91 Å². The third-order valence-electron chi connectivity index (χ3n) is 6.14. The lowest BCUT2D eigenvalue weighted by Crippen LogP contribution is -2.39. The molecule has 2 amide bonds. The van der Waals surface area contributed by atoms with Crippen LogP contribution >= 0.6 is 0 Å². The first-order chi connectivity index (χ1) is 13.3. The van der Waals surface area contributed by atoms with Crippen LogP contribution in [0.4, 0.5) is 0 Å². The quantitative estimate of drug-likeness (QED) is 0.655. The zero-order valence-electron chi connectivity index (χ0n) is 18.0. The van der Waals surface area contributed by atoms with E-state index in [0.717, 1.165) is 50.5 Å². The van der Waals surface area contributed by atoms with Crippen LogP contribution in [0.5, 0.6) is 0 Å². The number of unbranched alkanes of at least 4 members (excludes halogenated alkanes) is 2. The summed E-state index contributed by atoms with van der Waals surface area (Å²) in [7, 11) is 5.70. The van der Waals surface area contributed by atoms with Crippen molar-refractivity contribution in [2.45, 2.75) is 76.3 Å². The van der Waals surface area contributed by atoms with Crippen LogP contribution in [0.3, 0.4) is 0 Å². The summed E-state index contributed by atoms with van der Waals surface area (Å²) < 4.78 is 0. The number of carbonyl (C=O) groups is 2. The van der Waals surface area contributed by atoms with Gasteiger partial charge in [-0.05, 0) is 63.2 Å². The molecule has 1 aliphatic rings. The lowest BCUT2D eigenvalue weighted by molar-refractivity contribution is -0.132. The minimum Gasteiger partial charge on any atom is -0.368 e.